The number of carbonyl (C=O) groups is 1. The molecule has 2 aromatic carbocycles. The highest BCUT2D eigenvalue weighted by atomic mass is 28.4. The zero-order valence-corrected chi connectivity index (χ0v) is 18.1. The van der Waals surface area contributed by atoms with Crippen LogP contribution in [0.15, 0.2) is 48.5 Å². The molecule has 0 radical (unpaired) electrons. The number of benzene rings is 2. The Labute approximate surface area is 173 Å². The standard InChI is InChI=1S/C22H30O6Si/c1-3-15-26-29(27-16-4-2,17-5-6-18-7-11-20(23)12-8-18)28-22(25)19-9-13-21(24)14-10-19/h7-14,23-24H,3-6,15-17H2,1-2H3. The highest BCUT2D eigenvalue weighted by Crippen LogP contribution is 2.23. The zero-order chi connectivity index (χ0) is 21.1. The van der Waals surface area contributed by atoms with Gasteiger partial charge in [-0.25, -0.2) is 4.79 Å². The van der Waals surface area contributed by atoms with Crippen molar-refractivity contribution in [2.75, 3.05) is 13.2 Å². The van der Waals surface area contributed by atoms with Crippen molar-refractivity contribution in [3.8, 4) is 11.5 Å². The Morgan fingerprint density at radius 3 is 1.90 bits per heavy atom. The lowest BCUT2D eigenvalue weighted by molar-refractivity contribution is 0.0398. The second-order valence-corrected chi connectivity index (χ2v) is 9.48. The first-order valence-corrected chi connectivity index (χ1v) is 12.0. The molecule has 0 amide bonds. The van der Waals surface area contributed by atoms with Crippen LogP contribution in [0.1, 0.15) is 49.0 Å². The van der Waals surface area contributed by atoms with E-state index >= 15 is 0 Å². The molecule has 158 valence electrons. The van der Waals surface area contributed by atoms with E-state index in [-0.39, 0.29) is 11.5 Å². The number of carbonyl (C=O) groups excluding carboxylic acids is 1. The summed E-state index contributed by atoms with van der Waals surface area (Å²) < 4.78 is 17.9. The van der Waals surface area contributed by atoms with Gasteiger partial charge in [0.05, 0.1) is 5.56 Å². The van der Waals surface area contributed by atoms with Crippen LogP contribution in [-0.2, 0) is 19.7 Å². The predicted octanol–water partition coefficient (Wildman–Crippen LogP) is 4.68. The average molecular weight is 419 g/mol. The minimum atomic E-state index is -3.22. The molecule has 2 N–H and O–H groups in total. The van der Waals surface area contributed by atoms with E-state index in [1.165, 1.54) is 24.3 Å². The maximum atomic E-state index is 12.7. The van der Waals surface area contributed by atoms with Gasteiger partial charge in [-0.15, -0.1) is 0 Å². The van der Waals surface area contributed by atoms with Crippen LogP contribution in [0, 0.1) is 0 Å². The SMILES string of the molecule is CCCO[Si](CCCc1ccc(O)cc1)(OCCC)OC(=O)c1ccc(O)cc1. The van der Waals surface area contributed by atoms with Gasteiger partial charge in [-0.1, -0.05) is 26.0 Å². The van der Waals surface area contributed by atoms with E-state index in [0.29, 0.717) is 24.8 Å². The van der Waals surface area contributed by atoms with Gasteiger partial charge in [-0.2, -0.15) is 0 Å². The van der Waals surface area contributed by atoms with Gasteiger partial charge in [0.1, 0.15) is 11.5 Å². The highest BCUT2D eigenvalue weighted by Gasteiger charge is 2.44. The third-order valence-electron chi connectivity index (χ3n) is 4.29. The van der Waals surface area contributed by atoms with E-state index < -0.39 is 14.8 Å². The van der Waals surface area contributed by atoms with Crippen LogP contribution in [0.5, 0.6) is 11.5 Å². The van der Waals surface area contributed by atoms with Crippen LogP contribution in [-0.4, -0.2) is 38.2 Å². The van der Waals surface area contributed by atoms with E-state index in [1.54, 1.807) is 12.1 Å². The molecule has 0 saturated heterocycles. The lowest BCUT2D eigenvalue weighted by Gasteiger charge is -2.29. The third kappa shape index (κ3) is 7.53. The van der Waals surface area contributed by atoms with Gasteiger partial charge in [-0.3, -0.25) is 0 Å². The molecule has 0 atom stereocenters. The molecule has 0 bridgehead atoms. The molecule has 0 unspecified atom stereocenters. The summed E-state index contributed by atoms with van der Waals surface area (Å²) in [5, 5.41) is 18.9. The van der Waals surface area contributed by atoms with Crippen LogP contribution in [0.25, 0.3) is 0 Å². The Morgan fingerprint density at radius 2 is 1.38 bits per heavy atom. The van der Waals surface area contributed by atoms with Crippen molar-refractivity contribution in [1.29, 1.82) is 0 Å². The van der Waals surface area contributed by atoms with E-state index in [0.717, 1.165) is 31.2 Å². The van der Waals surface area contributed by atoms with E-state index in [4.69, 9.17) is 13.3 Å². The Balaban J connectivity index is 2.11. The Bertz CT molecular complexity index is 737. The molecular formula is C22H30O6Si. The maximum absolute atomic E-state index is 12.7. The zero-order valence-electron chi connectivity index (χ0n) is 17.1. The molecule has 0 aliphatic carbocycles. The van der Waals surface area contributed by atoms with E-state index in [9.17, 15) is 15.0 Å². The van der Waals surface area contributed by atoms with Crippen LogP contribution < -0.4 is 0 Å². The van der Waals surface area contributed by atoms with E-state index in [2.05, 4.69) is 0 Å². The van der Waals surface area contributed by atoms with Crippen molar-refractivity contribution < 1.29 is 28.3 Å². The summed E-state index contributed by atoms with van der Waals surface area (Å²) in [7, 11) is -3.22. The van der Waals surface area contributed by atoms with Gasteiger partial charge in [-0.05, 0) is 67.6 Å². The van der Waals surface area contributed by atoms with Gasteiger partial charge < -0.3 is 23.5 Å². The quantitative estimate of drug-likeness (QED) is 0.487. The van der Waals surface area contributed by atoms with Crippen molar-refractivity contribution in [3.05, 3.63) is 59.7 Å². The molecule has 2 rings (SSSR count). The van der Waals surface area contributed by atoms with Crippen LogP contribution in [0.4, 0.5) is 0 Å². The summed E-state index contributed by atoms with van der Waals surface area (Å²) in [5.74, 6) is -0.185. The number of hydrogen-bond donors (Lipinski definition) is 2. The smallest absolute Gasteiger partial charge is 0.508 e. The molecule has 2 aromatic rings. The van der Waals surface area contributed by atoms with Gasteiger partial charge in [0.15, 0.2) is 0 Å². The van der Waals surface area contributed by atoms with Crippen molar-refractivity contribution in [2.45, 2.75) is 45.6 Å². The predicted molar refractivity (Wildman–Crippen MR) is 113 cm³/mol. The number of phenols is 2. The largest absolute Gasteiger partial charge is 0.568 e. The average Bonchev–Trinajstić information content (AvgIpc) is 2.72. The topological polar surface area (TPSA) is 85.2 Å². The fourth-order valence-corrected chi connectivity index (χ4v) is 5.41. The highest BCUT2D eigenvalue weighted by molar-refractivity contribution is 6.62. The Morgan fingerprint density at radius 1 is 0.862 bits per heavy atom. The first kappa shape index (κ1) is 22.9. The van der Waals surface area contributed by atoms with Gasteiger partial charge in [0.2, 0.25) is 0 Å². The molecule has 0 fully saturated rings. The number of phenolic OH excluding ortho intramolecular Hbond substituents is 2. The monoisotopic (exact) mass is 418 g/mol. The van der Waals surface area contributed by atoms with Gasteiger partial charge in [0.25, 0.3) is 0 Å². The molecule has 0 saturated carbocycles. The lowest BCUT2D eigenvalue weighted by Crippen LogP contribution is -2.48. The fraction of sp³-hybridized carbons (Fsp3) is 0.409. The molecule has 0 aliphatic heterocycles. The lowest BCUT2D eigenvalue weighted by atomic mass is 10.1. The third-order valence-corrected chi connectivity index (χ3v) is 7.04. The number of hydrogen-bond acceptors (Lipinski definition) is 6. The van der Waals surface area contributed by atoms with E-state index in [1.807, 2.05) is 26.0 Å². The first-order valence-electron chi connectivity index (χ1n) is 10.1. The van der Waals surface area contributed by atoms with Gasteiger partial charge >= 0.3 is 14.8 Å². The number of rotatable bonds is 12. The summed E-state index contributed by atoms with van der Waals surface area (Å²) in [6.07, 6.45) is 3.07. The molecule has 0 spiro atoms. The number of aryl methyl sites for hydroxylation is 1. The maximum Gasteiger partial charge on any atom is 0.568 e. The van der Waals surface area contributed by atoms with Crippen molar-refractivity contribution in [2.24, 2.45) is 0 Å². The molecule has 29 heavy (non-hydrogen) atoms. The van der Waals surface area contributed by atoms with Crippen molar-refractivity contribution in [3.63, 3.8) is 0 Å². The Hall–Kier alpha value is -2.35. The normalized spacial score (nSPS) is 11.4. The summed E-state index contributed by atoms with van der Waals surface area (Å²) >= 11 is 0. The fourth-order valence-electron chi connectivity index (χ4n) is 2.78. The summed E-state index contributed by atoms with van der Waals surface area (Å²) in [6, 6.07) is 13.5. The second-order valence-electron chi connectivity index (χ2n) is 6.84. The molecule has 7 heteroatoms. The molecule has 0 aromatic heterocycles. The summed E-state index contributed by atoms with van der Waals surface area (Å²) in [4.78, 5) is 12.7. The Kier molecular flexibility index (Phi) is 9.17. The first-order chi connectivity index (χ1) is 14.0. The summed E-state index contributed by atoms with van der Waals surface area (Å²) in [6.45, 7) is 4.91. The minimum Gasteiger partial charge on any atom is -0.508 e. The van der Waals surface area contributed by atoms with Crippen LogP contribution in [0.2, 0.25) is 6.04 Å². The van der Waals surface area contributed by atoms with Crippen molar-refractivity contribution in [1.82, 2.24) is 0 Å². The number of aromatic hydroxyl groups is 2. The van der Waals surface area contributed by atoms with Crippen LogP contribution >= 0.6 is 0 Å². The molecule has 0 heterocycles. The van der Waals surface area contributed by atoms with Crippen LogP contribution in [0.3, 0.4) is 0 Å². The second kappa shape index (κ2) is 11.6. The summed E-state index contributed by atoms with van der Waals surface area (Å²) in [5.41, 5.74) is 1.43. The minimum absolute atomic E-state index is 0.0865. The van der Waals surface area contributed by atoms with Crippen molar-refractivity contribution >= 4 is 14.8 Å². The molecule has 6 nitrogen and oxygen atoms in total. The molecule has 0 aliphatic rings. The molecular weight excluding hydrogens is 388 g/mol. The van der Waals surface area contributed by atoms with Gasteiger partial charge in [0, 0.05) is 19.3 Å².